The molecule has 1 aliphatic rings. The number of carbonyl (C=O) groups is 3. The fraction of sp³-hybridized carbons (Fsp3) is 0.444. The first-order valence-corrected chi connectivity index (χ1v) is 12.2. The molecule has 2 aromatic carbocycles. The number of nitrogens with one attached hydrogen (secondary N) is 2. The van der Waals surface area contributed by atoms with Crippen LogP contribution in [0.2, 0.25) is 0 Å². The summed E-state index contributed by atoms with van der Waals surface area (Å²) >= 11 is 0. The molecule has 37 heavy (non-hydrogen) atoms. The van der Waals surface area contributed by atoms with E-state index in [1.54, 1.807) is 33.2 Å². The molecule has 1 aliphatic heterocycles. The summed E-state index contributed by atoms with van der Waals surface area (Å²) in [6, 6.07) is 8.42. The van der Waals surface area contributed by atoms with Crippen LogP contribution in [-0.4, -0.2) is 67.2 Å². The van der Waals surface area contributed by atoms with Crippen LogP contribution < -0.4 is 15.4 Å². The van der Waals surface area contributed by atoms with Crippen LogP contribution in [0.15, 0.2) is 30.3 Å². The van der Waals surface area contributed by atoms with Crippen molar-refractivity contribution < 1.29 is 27.9 Å². The molecule has 1 fully saturated rings. The molecule has 0 aliphatic carbocycles. The third kappa shape index (κ3) is 6.96. The zero-order valence-corrected chi connectivity index (χ0v) is 21.9. The van der Waals surface area contributed by atoms with Crippen molar-refractivity contribution >= 4 is 29.6 Å². The van der Waals surface area contributed by atoms with Gasteiger partial charge in [-0.05, 0) is 56.2 Å². The van der Waals surface area contributed by atoms with E-state index in [2.05, 4.69) is 10.6 Å². The topological polar surface area (TPSA) is 91.0 Å². The molecule has 2 aromatic rings. The average Bonchev–Trinajstić information content (AvgIpc) is 2.83. The predicted molar refractivity (Wildman–Crippen MR) is 139 cm³/mol. The van der Waals surface area contributed by atoms with Crippen molar-refractivity contribution in [1.29, 1.82) is 0 Å². The van der Waals surface area contributed by atoms with Gasteiger partial charge in [-0.1, -0.05) is 6.07 Å². The van der Waals surface area contributed by atoms with E-state index in [0.29, 0.717) is 23.6 Å². The van der Waals surface area contributed by atoms with Gasteiger partial charge in [-0.3, -0.25) is 14.4 Å². The largest absolute Gasteiger partial charge is 0.455 e. The number of piperidine rings is 1. The summed E-state index contributed by atoms with van der Waals surface area (Å²) < 4.78 is 33.0. The van der Waals surface area contributed by atoms with Gasteiger partial charge in [0.1, 0.15) is 5.75 Å². The Balaban J connectivity index is 1.83. The normalized spacial score (nSPS) is 15.5. The first kappa shape index (κ1) is 27.9. The molecule has 1 heterocycles. The monoisotopic (exact) mass is 516 g/mol. The number of alkyl halides is 2. The van der Waals surface area contributed by atoms with E-state index < -0.39 is 17.9 Å². The Kier molecular flexibility index (Phi) is 8.73. The number of aryl methyl sites for hydroxylation is 2. The molecule has 1 atom stereocenters. The third-order valence-electron chi connectivity index (χ3n) is 6.56. The summed E-state index contributed by atoms with van der Waals surface area (Å²) in [4.78, 5) is 40.3. The second kappa shape index (κ2) is 11.6. The van der Waals surface area contributed by atoms with Gasteiger partial charge in [-0.15, -0.1) is 0 Å². The second-order valence-electron chi connectivity index (χ2n) is 9.54. The minimum absolute atomic E-state index is 0.00572. The van der Waals surface area contributed by atoms with E-state index in [0.717, 1.165) is 11.1 Å². The predicted octanol–water partition coefficient (Wildman–Crippen LogP) is 4.81. The third-order valence-corrected chi connectivity index (χ3v) is 6.56. The molecule has 3 rings (SSSR count). The lowest BCUT2D eigenvalue weighted by Crippen LogP contribution is -2.45. The highest BCUT2D eigenvalue weighted by atomic mass is 19.3. The summed E-state index contributed by atoms with van der Waals surface area (Å²) in [6.45, 7) is 5.62. The number of anilines is 2. The van der Waals surface area contributed by atoms with Gasteiger partial charge >= 0.3 is 0 Å². The van der Waals surface area contributed by atoms with Gasteiger partial charge in [0.2, 0.25) is 12.3 Å². The molecular formula is C27H34F2N4O4. The van der Waals surface area contributed by atoms with Crippen molar-refractivity contribution in [2.24, 2.45) is 0 Å². The molecule has 0 bridgehead atoms. The maximum atomic E-state index is 13.5. The van der Waals surface area contributed by atoms with E-state index in [9.17, 15) is 23.2 Å². The Hall–Kier alpha value is -3.69. The number of hydrogen-bond acceptors (Lipinski definition) is 5. The van der Waals surface area contributed by atoms with Crippen molar-refractivity contribution in [3.05, 3.63) is 47.0 Å². The van der Waals surface area contributed by atoms with E-state index in [-0.39, 0.29) is 49.5 Å². The molecule has 0 aromatic heterocycles. The number of carbonyl (C=O) groups excluding carboxylic acids is 3. The Morgan fingerprint density at radius 3 is 2.30 bits per heavy atom. The number of amides is 3. The number of rotatable bonds is 9. The van der Waals surface area contributed by atoms with E-state index in [1.807, 2.05) is 32.0 Å². The molecule has 2 N–H and O–H groups in total. The van der Waals surface area contributed by atoms with E-state index in [4.69, 9.17) is 4.74 Å². The van der Waals surface area contributed by atoms with Crippen LogP contribution >= 0.6 is 0 Å². The first-order chi connectivity index (χ1) is 17.4. The highest BCUT2D eigenvalue weighted by Gasteiger charge is 2.36. The van der Waals surface area contributed by atoms with Crippen LogP contribution in [0.3, 0.4) is 0 Å². The Morgan fingerprint density at radius 1 is 1.11 bits per heavy atom. The number of nitrogens with zero attached hydrogens (tertiary/aromatic N) is 2. The fourth-order valence-corrected chi connectivity index (χ4v) is 4.33. The number of ether oxygens (including phenoxy) is 1. The standard InChI is InChI=1S/C27H34F2N4O4/c1-17-10-18(2)12-20(11-17)37-24-14-21(22(31-16-34)15-23(24)30-4)26(36)32(5)19(3)13-25(35)33-8-6-27(28,29)7-9-33/h10-12,14-16,19,30H,6-9,13H2,1-5H3,(H,31,34). The van der Waals surface area contributed by atoms with Gasteiger partial charge in [0.05, 0.1) is 16.9 Å². The smallest absolute Gasteiger partial charge is 0.256 e. The SMILES string of the molecule is CNc1cc(NC=O)c(C(=O)N(C)C(C)CC(=O)N2CCC(F)(F)CC2)cc1Oc1cc(C)cc(C)c1. The fourth-order valence-electron chi connectivity index (χ4n) is 4.33. The molecule has 1 saturated heterocycles. The van der Waals surface area contributed by atoms with Gasteiger partial charge in [-0.2, -0.15) is 0 Å². The Labute approximate surface area is 216 Å². The van der Waals surface area contributed by atoms with Crippen molar-refractivity contribution in [3.63, 3.8) is 0 Å². The molecule has 0 saturated carbocycles. The molecular weight excluding hydrogens is 482 g/mol. The second-order valence-corrected chi connectivity index (χ2v) is 9.54. The minimum atomic E-state index is -2.74. The van der Waals surface area contributed by atoms with Crippen molar-refractivity contribution in [2.45, 2.75) is 52.0 Å². The lowest BCUT2D eigenvalue weighted by atomic mass is 10.0. The van der Waals surface area contributed by atoms with Gasteiger partial charge in [0.25, 0.3) is 11.8 Å². The van der Waals surface area contributed by atoms with Crippen LogP contribution in [0.4, 0.5) is 20.2 Å². The lowest BCUT2D eigenvalue weighted by Gasteiger charge is -2.33. The van der Waals surface area contributed by atoms with Gasteiger partial charge in [0.15, 0.2) is 5.75 Å². The average molecular weight is 517 g/mol. The Morgan fingerprint density at radius 2 is 1.73 bits per heavy atom. The maximum Gasteiger partial charge on any atom is 0.256 e. The van der Waals surface area contributed by atoms with Gasteiger partial charge in [0, 0.05) is 52.5 Å². The van der Waals surface area contributed by atoms with Gasteiger partial charge < -0.3 is 25.2 Å². The summed E-state index contributed by atoms with van der Waals surface area (Å²) in [6.07, 6.45) is -0.243. The quantitative estimate of drug-likeness (QED) is 0.467. The molecule has 8 nitrogen and oxygen atoms in total. The van der Waals surface area contributed by atoms with Gasteiger partial charge in [-0.25, -0.2) is 8.78 Å². The van der Waals surface area contributed by atoms with Crippen molar-refractivity contribution in [3.8, 4) is 11.5 Å². The summed E-state index contributed by atoms with van der Waals surface area (Å²) in [5, 5.41) is 5.59. The van der Waals surface area contributed by atoms with Crippen LogP contribution in [0, 0.1) is 13.8 Å². The number of likely N-dealkylation sites (tertiary alicyclic amines) is 1. The lowest BCUT2D eigenvalue weighted by molar-refractivity contribution is -0.138. The molecule has 3 amide bonds. The first-order valence-electron chi connectivity index (χ1n) is 12.2. The van der Waals surface area contributed by atoms with Crippen LogP contribution in [-0.2, 0) is 9.59 Å². The minimum Gasteiger partial charge on any atom is -0.455 e. The molecule has 10 heteroatoms. The summed E-state index contributed by atoms with van der Waals surface area (Å²) in [7, 11) is 3.26. The summed E-state index contributed by atoms with van der Waals surface area (Å²) in [5.74, 6) is -2.46. The Bertz CT molecular complexity index is 1140. The zero-order valence-electron chi connectivity index (χ0n) is 21.9. The molecule has 0 spiro atoms. The highest BCUT2D eigenvalue weighted by molar-refractivity contribution is 6.03. The van der Waals surface area contributed by atoms with E-state index >= 15 is 0 Å². The van der Waals surface area contributed by atoms with Crippen LogP contribution in [0.1, 0.15) is 47.7 Å². The molecule has 0 radical (unpaired) electrons. The maximum absolute atomic E-state index is 13.5. The molecule has 1 unspecified atom stereocenters. The van der Waals surface area contributed by atoms with E-state index in [1.165, 1.54) is 9.80 Å². The van der Waals surface area contributed by atoms with Crippen molar-refractivity contribution in [2.75, 3.05) is 37.8 Å². The number of halogens is 2. The zero-order chi connectivity index (χ0) is 27.3. The number of benzene rings is 2. The number of hydrogen-bond donors (Lipinski definition) is 2. The molecule has 200 valence electrons. The summed E-state index contributed by atoms with van der Waals surface area (Å²) in [5.41, 5.74) is 3.07. The van der Waals surface area contributed by atoms with Crippen molar-refractivity contribution in [1.82, 2.24) is 9.80 Å². The van der Waals surface area contributed by atoms with Crippen LogP contribution in [0.25, 0.3) is 0 Å². The van der Waals surface area contributed by atoms with Crippen LogP contribution in [0.5, 0.6) is 11.5 Å². The highest BCUT2D eigenvalue weighted by Crippen LogP contribution is 2.36.